The van der Waals surface area contributed by atoms with E-state index in [1.165, 1.54) is 12.8 Å². The van der Waals surface area contributed by atoms with Gasteiger partial charge >= 0.3 is 0 Å². The molecule has 2 heterocycles. The van der Waals surface area contributed by atoms with Crippen molar-refractivity contribution < 1.29 is 14.4 Å². The first-order chi connectivity index (χ1) is 11.6. The molecule has 24 heavy (non-hydrogen) atoms. The van der Waals surface area contributed by atoms with Crippen LogP contribution in [0.2, 0.25) is 0 Å². The molecule has 0 spiro atoms. The molecule has 2 aliphatic heterocycles. The van der Waals surface area contributed by atoms with Crippen LogP contribution in [0.1, 0.15) is 32.1 Å². The van der Waals surface area contributed by atoms with E-state index in [9.17, 15) is 14.4 Å². The van der Waals surface area contributed by atoms with Crippen LogP contribution in [-0.4, -0.2) is 84.8 Å². The number of likely N-dealkylation sites (N-methyl/N-ethyl adjacent to an activating group) is 1. The van der Waals surface area contributed by atoms with Crippen molar-refractivity contribution in [3.63, 3.8) is 0 Å². The van der Waals surface area contributed by atoms with Gasteiger partial charge in [-0.1, -0.05) is 12.8 Å². The SMILES string of the molecule is CNC(=O)CN1CCN(C(=O)C2CC(=O)N(C3CCCC3)C2)CC1. The van der Waals surface area contributed by atoms with Crippen molar-refractivity contribution >= 4 is 17.7 Å². The highest BCUT2D eigenvalue weighted by atomic mass is 16.2. The highest BCUT2D eigenvalue weighted by Crippen LogP contribution is 2.30. The standard InChI is InChI=1S/C17H28N4O3/c1-18-15(22)12-19-6-8-20(9-7-19)17(24)13-10-16(23)21(11-13)14-4-2-3-5-14/h13-14H,2-12H2,1H3,(H,18,22). The lowest BCUT2D eigenvalue weighted by Crippen LogP contribution is -2.52. The van der Waals surface area contributed by atoms with Crippen LogP contribution in [0.15, 0.2) is 0 Å². The second kappa shape index (κ2) is 7.51. The van der Waals surface area contributed by atoms with Crippen LogP contribution in [-0.2, 0) is 14.4 Å². The van der Waals surface area contributed by atoms with E-state index < -0.39 is 0 Å². The van der Waals surface area contributed by atoms with Crippen LogP contribution in [0.4, 0.5) is 0 Å². The maximum Gasteiger partial charge on any atom is 0.233 e. The van der Waals surface area contributed by atoms with E-state index in [0.29, 0.717) is 51.7 Å². The number of nitrogens with zero attached hydrogens (tertiary/aromatic N) is 3. The third-order valence-corrected chi connectivity index (χ3v) is 5.60. The first-order valence-electron chi connectivity index (χ1n) is 9.09. The Kier molecular flexibility index (Phi) is 5.38. The average Bonchev–Trinajstić information content (AvgIpc) is 3.24. The van der Waals surface area contributed by atoms with Crippen LogP contribution in [0.3, 0.4) is 0 Å². The number of carbonyl (C=O) groups excluding carboxylic acids is 3. The molecule has 134 valence electrons. The summed E-state index contributed by atoms with van der Waals surface area (Å²) in [6, 6.07) is 0.361. The summed E-state index contributed by atoms with van der Waals surface area (Å²) in [5.41, 5.74) is 0. The number of carbonyl (C=O) groups is 3. The zero-order valence-electron chi connectivity index (χ0n) is 14.5. The molecule has 3 aliphatic rings. The number of piperazine rings is 1. The molecule has 0 aromatic carbocycles. The second-order valence-electron chi connectivity index (χ2n) is 7.16. The molecular weight excluding hydrogens is 308 g/mol. The Morgan fingerprint density at radius 2 is 1.79 bits per heavy atom. The first-order valence-corrected chi connectivity index (χ1v) is 9.09. The molecule has 0 aromatic heterocycles. The molecule has 1 atom stereocenters. The van der Waals surface area contributed by atoms with E-state index in [2.05, 4.69) is 10.2 Å². The van der Waals surface area contributed by atoms with Gasteiger partial charge in [-0.05, 0) is 12.8 Å². The summed E-state index contributed by atoms with van der Waals surface area (Å²) < 4.78 is 0. The summed E-state index contributed by atoms with van der Waals surface area (Å²) in [4.78, 5) is 42.3. The number of hydrogen-bond donors (Lipinski definition) is 1. The van der Waals surface area contributed by atoms with Crippen molar-refractivity contribution in [2.24, 2.45) is 5.92 Å². The molecule has 3 fully saturated rings. The summed E-state index contributed by atoms with van der Waals surface area (Å²) in [5, 5.41) is 2.62. The minimum Gasteiger partial charge on any atom is -0.358 e. The van der Waals surface area contributed by atoms with E-state index in [-0.39, 0.29) is 23.6 Å². The van der Waals surface area contributed by atoms with E-state index in [4.69, 9.17) is 0 Å². The lowest BCUT2D eigenvalue weighted by molar-refractivity contribution is -0.137. The molecule has 1 aliphatic carbocycles. The molecule has 0 radical (unpaired) electrons. The summed E-state index contributed by atoms with van der Waals surface area (Å²) in [6.07, 6.45) is 4.93. The van der Waals surface area contributed by atoms with Crippen molar-refractivity contribution in [1.29, 1.82) is 0 Å². The number of likely N-dealkylation sites (tertiary alicyclic amines) is 1. The van der Waals surface area contributed by atoms with Gasteiger partial charge in [0, 0.05) is 52.2 Å². The molecule has 0 aromatic rings. The number of rotatable bonds is 4. The normalized spacial score (nSPS) is 26.2. The zero-order chi connectivity index (χ0) is 17.1. The van der Waals surface area contributed by atoms with Gasteiger partial charge in [0.1, 0.15) is 0 Å². The Bertz CT molecular complexity index is 496. The van der Waals surface area contributed by atoms with E-state index in [0.717, 1.165) is 12.8 Å². The molecular formula is C17H28N4O3. The fourth-order valence-corrected chi connectivity index (χ4v) is 4.13. The minimum absolute atomic E-state index is 0.00312. The molecule has 7 heteroatoms. The second-order valence-corrected chi connectivity index (χ2v) is 7.16. The summed E-state index contributed by atoms with van der Waals surface area (Å²) >= 11 is 0. The van der Waals surface area contributed by atoms with Crippen LogP contribution >= 0.6 is 0 Å². The monoisotopic (exact) mass is 336 g/mol. The van der Waals surface area contributed by atoms with Gasteiger partial charge in [-0.15, -0.1) is 0 Å². The largest absolute Gasteiger partial charge is 0.358 e. The molecule has 7 nitrogen and oxygen atoms in total. The predicted molar refractivity (Wildman–Crippen MR) is 89.2 cm³/mol. The van der Waals surface area contributed by atoms with Crippen LogP contribution in [0, 0.1) is 5.92 Å². The molecule has 3 rings (SSSR count). The van der Waals surface area contributed by atoms with Gasteiger partial charge in [0.05, 0.1) is 12.5 Å². The van der Waals surface area contributed by atoms with Gasteiger partial charge in [0.2, 0.25) is 17.7 Å². The van der Waals surface area contributed by atoms with Crippen molar-refractivity contribution in [3.8, 4) is 0 Å². The van der Waals surface area contributed by atoms with E-state index in [1.54, 1.807) is 7.05 Å². The first kappa shape index (κ1) is 17.2. The van der Waals surface area contributed by atoms with Crippen molar-refractivity contribution in [1.82, 2.24) is 20.0 Å². The van der Waals surface area contributed by atoms with Gasteiger partial charge in [-0.25, -0.2) is 0 Å². The fraction of sp³-hybridized carbons (Fsp3) is 0.824. The van der Waals surface area contributed by atoms with Gasteiger partial charge in [-0.2, -0.15) is 0 Å². The quantitative estimate of drug-likeness (QED) is 0.763. The molecule has 1 N–H and O–H groups in total. The molecule has 0 bridgehead atoms. The van der Waals surface area contributed by atoms with Gasteiger partial charge in [0.15, 0.2) is 0 Å². The highest BCUT2D eigenvalue weighted by Gasteiger charge is 2.40. The van der Waals surface area contributed by atoms with Crippen molar-refractivity contribution in [2.45, 2.75) is 38.1 Å². The van der Waals surface area contributed by atoms with Crippen LogP contribution in [0.25, 0.3) is 0 Å². The van der Waals surface area contributed by atoms with E-state index >= 15 is 0 Å². The molecule has 1 saturated carbocycles. The Hall–Kier alpha value is -1.63. The summed E-state index contributed by atoms with van der Waals surface area (Å²) in [5.74, 6) is 0.0916. The topological polar surface area (TPSA) is 73.0 Å². The lowest BCUT2D eigenvalue weighted by atomic mass is 10.1. The number of amides is 3. The average molecular weight is 336 g/mol. The number of nitrogens with one attached hydrogen (secondary N) is 1. The predicted octanol–water partition coefficient (Wildman–Crippen LogP) is -0.332. The smallest absolute Gasteiger partial charge is 0.233 e. The third kappa shape index (κ3) is 3.71. The highest BCUT2D eigenvalue weighted by molar-refractivity contribution is 5.89. The van der Waals surface area contributed by atoms with Gasteiger partial charge < -0.3 is 15.1 Å². The van der Waals surface area contributed by atoms with Gasteiger partial charge in [-0.3, -0.25) is 19.3 Å². The maximum absolute atomic E-state index is 12.7. The number of hydrogen-bond acceptors (Lipinski definition) is 4. The molecule has 2 saturated heterocycles. The van der Waals surface area contributed by atoms with Gasteiger partial charge in [0.25, 0.3) is 0 Å². The van der Waals surface area contributed by atoms with Crippen LogP contribution < -0.4 is 5.32 Å². The third-order valence-electron chi connectivity index (χ3n) is 5.60. The van der Waals surface area contributed by atoms with Crippen molar-refractivity contribution in [3.05, 3.63) is 0 Å². The molecule has 1 unspecified atom stereocenters. The zero-order valence-corrected chi connectivity index (χ0v) is 14.5. The Balaban J connectivity index is 1.49. The van der Waals surface area contributed by atoms with E-state index in [1.807, 2.05) is 9.80 Å². The lowest BCUT2D eigenvalue weighted by Gasteiger charge is -2.35. The van der Waals surface area contributed by atoms with Crippen molar-refractivity contribution in [2.75, 3.05) is 46.3 Å². The summed E-state index contributed by atoms with van der Waals surface area (Å²) in [7, 11) is 1.63. The Morgan fingerprint density at radius 1 is 1.12 bits per heavy atom. The minimum atomic E-state index is -0.177. The maximum atomic E-state index is 12.7. The fourth-order valence-electron chi connectivity index (χ4n) is 4.13. The Morgan fingerprint density at radius 3 is 2.42 bits per heavy atom. The van der Waals surface area contributed by atoms with Crippen LogP contribution in [0.5, 0.6) is 0 Å². The summed E-state index contributed by atoms with van der Waals surface area (Å²) in [6.45, 7) is 3.70. The molecule has 3 amide bonds. The Labute approximate surface area is 143 Å².